The Morgan fingerprint density at radius 2 is 2.00 bits per heavy atom. The molecule has 0 bridgehead atoms. The van der Waals surface area contributed by atoms with Gasteiger partial charge in [0.05, 0.1) is 0 Å². The minimum Gasteiger partial charge on any atom is -1.00 e. The molecule has 0 fully saturated rings. The van der Waals surface area contributed by atoms with E-state index in [0.717, 1.165) is 6.42 Å². The van der Waals surface area contributed by atoms with Gasteiger partial charge in [0.25, 0.3) is 0 Å². The molecule has 3 heteroatoms. The van der Waals surface area contributed by atoms with E-state index < -0.39 is 0 Å². The second-order valence-corrected chi connectivity index (χ2v) is 1.50. The monoisotopic (exact) mass is 207 g/mol. The number of rotatable bonds is 0. The molecule has 0 heterocycles. The van der Waals surface area contributed by atoms with Gasteiger partial charge in [-0.05, 0) is 0 Å². The second kappa shape index (κ2) is 8.22. The molecule has 0 saturated carbocycles. The van der Waals surface area contributed by atoms with Gasteiger partial charge in [-0.3, -0.25) is 6.08 Å². The van der Waals surface area contributed by atoms with Gasteiger partial charge in [-0.2, -0.15) is 6.08 Å². The maximum absolute atomic E-state index is 3.05. The van der Waals surface area contributed by atoms with Crippen LogP contribution in [0.4, 0.5) is 0 Å². The smallest absolute Gasteiger partial charge is 1.00 e. The Balaban J connectivity index is -0.000000120. The Bertz CT molecular complexity index is 105. The molecule has 49 valence electrons. The SMILES string of the molecule is CC1=CC[C-]=C1.[F-].[F-].[Zr+3]. The van der Waals surface area contributed by atoms with E-state index in [9.17, 15) is 0 Å². The predicted molar refractivity (Wildman–Crippen MR) is 26.2 cm³/mol. The van der Waals surface area contributed by atoms with Crippen molar-refractivity contribution in [1.82, 2.24) is 0 Å². The summed E-state index contributed by atoms with van der Waals surface area (Å²) in [5.41, 5.74) is 1.34. The van der Waals surface area contributed by atoms with Crippen molar-refractivity contribution in [1.29, 1.82) is 0 Å². The molecule has 0 amide bonds. The van der Waals surface area contributed by atoms with E-state index in [0.29, 0.717) is 0 Å². The molecule has 0 aromatic rings. The normalized spacial score (nSPS) is 12.3. The first-order valence-corrected chi connectivity index (χ1v) is 2.13. The number of hydrogen-bond acceptors (Lipinski definition) is 0. The summed E-state index contributed by atoms with van der Waals surface area (Å²) in [4.78, 5) is 0. The Kier molecular flexibility index (Phi) is 14.7. The predicted octanol–water partition coefficient (Wildman–Crippen LogP) is -4.30. The summed E-state index contributed by atoms with van der Waals surface area (Å²) >= 11 is 0. The van der Waals surface area contributed by atoms with Crippen LogP contribution in [0.1, 0.15) is 13.3 Å². The van der Waals surface area contributed by atoms with Crippen LogP contribution in [-0.4, -0.2) is 0 Å². The summed E-state index contributed by atoms with van der Waals surface area (Å²) < 4.78 is 0. The molecule has 0 unspecified atom stereocenters. The van der Waals surface area contributed by atoms with Crippen LogP contribution in [0.3, 0.4) is 0 Å². The third kappa shape index (κ3) is 6.10. The summed E-state index contributed by atoms with van der Waals surface area (Å²) in [6.07, 6.45) is 8.24. The average molecular weight is 208 g/mol. The maximum atomic E-state index is 3.05. The van der Waals surface area contributed by atoms with Crippen molar-refractivity contribution in [2.45, 2.75) is 13.3 Å². The summed E-state index contributed by atoms with van der Waals surface area (Å²) in [6.45, 7) is 2.08. The molecule has 0 atom stereocenters. The Morgan fingerprint density at radius 3 is 2.11 bits per heavy atom. The molecule has 0 aromatic heterocycles. The first-order valence-electron chi connectivity index (χ1n) is 2.13. The van der Waals surface area contributed by atoms with Crippen LogP contribution in [-0.2, 0) is 26.2 Å². The largest absolute Gasteiger partial charge is 3.00 e. The average Bonchev–Trinajstić information content (AvgIpc) is 1.86. The van der Waals surface area contributed by atoms with Crippen LogP contribution in [0, 0.1) is 6.08 Å². The van der Waals surface area contributed by atoms with E-state index in [1.54, 1.807) is 0 Å². The van der Waals surface area contributed by atoms with E-state index in [4.69, 9.17) is 0 Å². The first kappa shape index (κ1) is 16.1. The minimum absolute atomic E-state index is 0. The Labute approximate surface area is 72.9 Å². The number of halogens is 2. The Morgan fingerprint density at radius 1 is 1.44 bits per heavy atom. The number of allylic oxidation sites excluding steroid dienone is 4. The molecule has 9 heavy (non-hydrogen) atoms. The van der Waals surface area contributed by atoms with Crippen LogP contribution < -0.4 is 9.41 Å². The van der Waals surface area contributed by atoms with E-state index in [1.165, 1.54) is 5.57 Å². The maximum Gasteiger partial charge on any atom is 3.00 e. The third-order valence-electron chi connectivity index (χ3n) is 0.872. The minimum atomic E-state index is 0. The van der Waals surface area contributed by atoms with Gasteiger partial charge < -0.3 is 9.41 Å². The first-order chi connectivity index (χ1) is 2.89. The van der Waals surface area contributed by atoms with E-state index in [2.05, 4.69) is 19.1 Å². The van der Waals surface area contributed by atoms with Gasteiger partial charge in [-0.25, -0.2) is 11.6 Å². The summed E-state index contributed by atoms with van der Waals surface area (Å²) in [5, 5.41) is 0. The molecule has 0 nitrogen and oxygen atoms in total. The van der Waals surface area contributed by atoms with Crippen LogP contribution in [0.15, 0.2) is 17.7 Å². The van der Waals surface area contributed by atoms with Crippen molar-refractivity contribution in [2.75, 3.05) is 0 Å². The van der Waals surface area contributed by atoms with Gasteiger partial charge in [0, 0.05) is 0 Å². The molecular formula is C6H7F2Zr. The molecule has 1 aliphatic rings. The molecule has 0 N–H and O–H groups in total. The standard InChI is InChI=1S/C6H7.2FH.Zr/c1-6-4-2-3-5-6;;;/h4-5H,2H2,1H3;2*1H;/q-1;;;+3/p-2. The number of hydrogen-bond donors (Lipinski definition) is 0. The van der Waals surface area contributed by atoms with Crippen LogP contribution >= 0.6 is 0 Å². The zero-order valence-electron chi connectivity index (χ0n) is 5.12. The van der Waals surface area contributed by atoms with Crippen LogP contribution in [0.5, 0.6) is 0 Å². The molecule has 0 aliphatic heterocycles. The van der Waals surface area contributed by atoms with E-state index >= 15 is 0 Å². The van der Waals surface area contributed by atoms with Crippen molar-refractivity contribution in [3.8, 4) is 0 Å². The van der Waals surface area contributed by atoms with Crippen molar-refractivity contribution in [2.24, 2.45) is 0 Å². The molecule has 0 aromatic carbocycles. The van der Waals surface area contributed by atoms with Gasteiger partial charge in [0.2, 0.25) is 0 Å². The topological polar surface area (TPSA) is 0 Å². The third-order valence-corrected chi connectivity index (χ3v) is 0.872. The van der Waals surface area contributed by atoms with Gasteiger partial charge in [0.1, 0.15) is 0 Å². The van der Waals surface area contributed by atoms with E-state index in [1.807, 2.05) is 6.08 Å². The summed E-state index contributed by atoms with van der Waals surface area (Å²) in [5.74, 6) is 0. The van der Waals surface area contributed by atoms with Crippen molar-refractivity contribution in [3.63, 3.8) is 0 Å². The second-order valence-electron chi connectivity index (χ2n) is 1.50. The van der Waals surface area contributed by atoms with E-state index in [-0.39, 0.29) is 35.6 Å². The molecular weight excluding hydrogens is 201 g/mol. The molecule has 1 radical (unpaired) electrons. The fraction of sp³-hybridized carbons (Fsp3) is 0.333. The van der Waals surface area contributed by atoms with Crippen molar-refractivity contribution >= 4 is 0 Å². The molecule has 1 rings (SSSR count). The molecule has 0 saturated heterocycles. The summed E-state index contributed by atoms with van der Waals surface area (Å²) in [7, 11) is 0. The van der Waals surface area contributed by atoms with Gasteiger partial charge in [0.15, 0.2) is 0 Å². The fourth-order valence-electron chi connectivity index (χ4n) is 0.499. The zero-order valence-corrected chi connectivity index (χ0v) is 7.58. The van der Waals surface area contributed by atoms with Gasteiger partial charge in [-0.15, -0.1) is 13.3 Å². The quantitative estimate of drug-likeness (QED) is 0.353. The van der Waals surface area contributed by atoms with Crippen molar-refractivity contribution < 1.29 is 35.6 Å². The summed E-state index contributed by atoms with van der Waals surface area (Å²) in [6, 6.07) is 0. The Hall–Kier alpha value is 0.223. The molecule has 1 aliphatic carbocycles. The van der Waals surface area contributed by atoms with Gasteiger partial charge >= 0.3 is 26.2 Å². The van der Waals surface area contributed by atoms with Crippen molar-refractivity contribution in [3.05, 3.63) is 23.8 Å². The zero-order chi connectivity index (χ0) is 4.41. The van der Waals surface area contributed by atoms with Crippen LogP contribution in [0.25, 0.3) is 0 Å². The van der Waals surface area contributed by atoms with Gasteiger partial charge in [-0.1, -0.05) is 0 Å². The van der Waals surface area contributed by atoms with Crippen LogP contribution in [0.2, 0.25) is 0 Å². The fourth-order valence-corrected chi connectivity index (χ4v) is 0.499. The molecule has 0 spiro atoms.